The second kappa shape index (κ2) is 4.92. The van der Waals surface area contributed by atoms with Crippen LogP contribution in [0.5, 0.6) is 0 Å². The van der Waals surface area contributed by atoms with Gasteiger partial charge in [-0.1, -0.05) is 18.2 Å². The molecule has 0 saturated carbocycles. The van der Waals surface area contributed by atoms with Crippen LogP contribution in [0.15, 0.2) is 30.3 Å². The number of fused-ring (bicyclic) bond motifs is 1. The third kappa shape index (κ3) is 2.30. The van der Waals surface area contributed by atoms with E-state index < -0.39 is 0 Å². The maximum atomic E-state index is 5.96. The lowest BCUT2D eigenvalue weighted by molar-refractivity contribution is 0.0337. The largest absolute Gasteiger partial charge is 0.397 e. The van der Waals surface area contributed by atoms with Gasteiger partial charge in [0.25, 0.3) is 0 Å². The molecule has 4 nitrogen and oxygen atoms in total. The first kappa shape index (κ1) is 11.4. The predicted octanol–water partition coefficient (Wildman–Crippen LogP) is 1.65. The van der Waals surface area contributed by atoms with E-state index >= 15 is 0 Å². The monoisotopic (exact) mass is 243 g/mol. The summed E-state index contributed by atoms with van der Waals surface area (Å²) in [6, 6.07) is 10.1. The van der Waals surface area contributed by atoms with Crippen molar-refractivity contribution >= 4 is 16.6 Å². The molecule has 3 rings (SSSR count). The lowest BCUT2D eigenvalue weighted by Gasteiger charge is -2.26. The summed E-state index contributed by atoms with van der Waals surface area (Å²) in [6.07, 6.45) is 0. The Morgan fingerprint density at radius 2 is 2.00 bits per heavy atom. The molecule has 1 aromatic carbocycles. The maximum absolute atomic E-state index is 5.96. The van der Waals surface area contributed by atoms with Crippen molar-refractivity contribution < 1.29 is 4.74 Å². The van der Waals surface area contributed by atoms with Gasteiger partial charge < -0.3 is 10.5 Å². The molecule has 0 spiro atoms. The number of aromatic nitrogens is 1. The zero-order valence-electron chi connectivity index (χ0n) is 10.3. The molecule has 0 amide bonds. The van der Waals surface area contributed by atoms with Crippen molar-refractivity contribution in [2.45, 2.75) is 6.54 Å². The smallest absolute Gasteiger partial charge is 0.0935 e. The number of morpholine rings is 1. The van der Waals surface area contributed by atoms with Gasteiger partial charge >= 0.3 is 0 Å². The van der Waals surface area contributed by atoms with Gasteiger partial charge in [0.1, 0.15) is 0 Å². The van der Waals surface area contributed by atoms with Crippen LogP contribution in [0.1, 0.15) is 5.69 Å². The van der Waals surface area contributed by atoms with Gasteiger partial charge in [0.05, 0.1) is 30.1 Å². The molecule has 1 fully saturated rings. The van der Waals surface area contributed by atoms with Crippen LogP contribution in [-0.4, -0.2) is 36.2 Å². The van der Waals surface area contributed by atoms with Crippen molar-refractivity contribution in [3.63, 3.8) is 0 Å². The van der Waals surface area contributed by atoms with E-state index in [0.29, 0.717) is 0 Å². The highest BCUT2D eigenvalue weighted by molar-refractivity contribution is 5.89. The highest BCUT2D eigenvalue weighted by atomic mass is 16.5. The van der Waals surface area contributed by atoms with E-state index in [1.54, 1.807) is 0 Å². The Morgan fingerprint density at radius 1 is 1.17 bits per heavy atom. The van der Waals surface area contributed by atoms with Crippen molar-refractivity contribution in [1.82, 2.24) is 9.88 Å². The Hall–Kier alpha value is -1.65. The normalized spacial score (nSPS) is 17.1. The molecule has 2 N–H and O–H groups in total. The fraction of sp³-hybridized carbons (Fsp3) is 0.357. The highest BCUT2D eigenvalue weighted by Crippen LogP contribution is 2.19. The Morgan fingerprint density at radius 3 is 2.83 bits per heavy atom. The zero-order valence-corrected chi connectivity index (χ0v) is 10.3. The zero-order chi connectivity index (χ0) is 12.4. The number of ether oxygens (including phenoxy) is 1. The summed E-state index contributed by atoms with van der Waals surface area (Å²) >= 11 is 0. The van der Waals surface area contributed by atoms with Gasteiger partial charge in [-0.3, -0.25) is 4.90 Å². The van der Waals surface area contributed by atoms with Crippen LogP contribution in [-0.2, 0) is 11.3 Å². The van der Waals surface area contributed by atoms with Crippen molar-refractivity contribution in [2.75, 3.05) is 32.0 Å². The molecule has 0 unspecified atom stereocenters. The number of nitrogen functional groups attached to an aromatic ring is 1. The summed E-state index contributed by atoms with van der Waals surface area (Å²) in [4.78, 5) is 7.02. The van der Waals surface area contributed by atoms with Crippen molar-refractivity contribution in [3.05, 3.63) is 36.0 Å². The molecular weight excluding hydrogens is 226 g/mol. The molecule has 18 heavy (non-hydrogen) atoms. The van der Waals surface area contributed by atoms with E-state index in [1.807, 2.05) is 18.2 Å². The first-order valence-electron chi connectivity index (χ1n) is 6.27. The third-order valence-corrected chi connectivity index (χ3v) is 3.30. The molecule has 0 aliphatic carbocycles. The number of rotatable bonds is 2. The van der Waals surface area contributed by atoms with Crippen molar-refractivity contribution in [2.24, 2.45) is 0 Å². The fourth-order valence-corrected chi connectivity index (χ4v) is 2.29. The van der Waals surface area contributed by atoms with Gasteiger partial charge in [0, 0.05) is 25.0 Å². The molecule has 1 aromatic heterocycles. The molecule has 1 aliphatic rings. The number of hydrogen-bond donors (Lipinski definition) is 1. The molecule has 2 heterocycles. The van der Waals surface area contributed by atoms with Crippen LogP contribution in [0.4, 0.5) is 5.69 Å². The summed E-state index contributed by atoms with van der Waals surface area (Å²) in [5, 5.41) is 1.10. The standard InChI is InChI=1S/C14H17N3O/c15-13-3-1-2-11-4-5-12(16-14(11)13)10-17-6-8-18-9-7-17/h1-5H,6-10,15H2. The number of benzene rings is 1. The summed E-state index contributed by atoms with van der Waals surface area (Å²) in [7, 11) is 0. The van der Waals surface area contributed by atoms with Gasteiger partial charge in [-0.15, -0.1) is 0 Å². The number of nitrogens with zero attached hydrogens (tertiary/aromatic N) is 2. The lowest BCUT2D eigenvalue weighted by Crippen LogP contribution is -2.35. The lowest BCUT2D eigenvalue weighted by atomic mass is 10.1. The second-order valence-electron chi connectivity index (χ2n) is 4.61. The van der Waals surface area contributed by atoms with E-state index in [2.05, 4.69) is 22.0 Å². The number of nitrogens with two attached hydrogens (primary N) is 1. The van der Waals surface area contributed by atoms with Gasteiger partial charge in [-0.2, -0.15) is 0 Å². The maximum Gasteiger partial charge on any atom is 0.0935 e. The van der Waals surface area contributed by atoms with E-state index in [0.717, 1.165) is 55.1 Å². The van der Waals surface area contributed by atoms with Crippen molar-refractivity contribution in [1.29, 1.82) is 0 Å². The first-order valence-corrected chi connectivity index (χ1v) is 6.27. The van der Waals surface area contributed by atoms with Crippen LogP contribution < -0.4 is 5.73 Å². The van der Waals surface area contributed by atoms with Crippen LogP contribution in [0.2, 0.25) is 0 Å². The second-order valence-corrected chi connectivity index (χ2v) is 4.61. The minimum Gasteiger partial charge on any atom is -0.397 e. The van der Waals surface area contributed by atoms with Gasteiger partial charge in [-0.25, -0.2) is 4.98 Å². The van der Waals surface area contributed by atoms with Gasteiger partial charge in [-0.05, 0) is 12.1 Å². The average molecular weight is 243 g/mol. The summed E-state index contributed by atoms with van der Waals surface area (Å²) in [5.41, 5.74) is 8.69. The quantitative estimate of drug-likeness (QED) is 0.815. The molecule has 94 valence electrons. The van der Waals surface area contributed by atoms with Crippen molar-refractivity contribution in [3.8, 4) is 0 Å². The van der Waals surface area contributed by atoms with E-state index in [-0.39, 0.29) is 0 Å². The number of hydrogen-bond acceptors (Lipinski definition) is 4. The molecule has 1 saturated heterocycles. The van der Waals surface area contributed by atoms with Crippen LogP contribution in [0.3, 0.4) is 0 Å². The summed E-state index contributed by atoms with van der Waals surface area (Å²) < 4.78 is 5.34. The minimum atomic E-state index is 0.747. The van der Waals surface area contributed by atoms with Crippen LogP contribution >= 0.6 is 0 Å². The SMILES string of the molecule is Nc1cccc2ccc(CN3CCOCC3)nc12. The molecule has 0 atom stereocenters. The Labute approximate surface area is 106 Å². The molecular formula is C14H17N3O. The average Bonchev–Trinajstić information content (AvgIpc) is 2.41. The molecule has 0 radical (unpaired) electrons. The molecule has 4 heteroatoms. The van der Waals surface area contributed by atoms with Crippen LogP contribution in [0.25, 0.3) is 10.9 Å². The Balaban J connectivity index is 1.86. The third-order valence-electron chi connectivity index (χ3n) is 3.30. The summed E-state index contributed by atoms with van der Waals surface area (Å²) in [6.45, 7) is 4.45. The van der Waals surface area contributed by atoms with Gasteiger partial charge in [0.15, 0.2) is 0 Å². The highest BCUT2D eigenvalue weighted by Gasteiger charge is 2.11. The fourth-order valence-electron chi connectivity index (χ4n) is 2.29. The first-order chi connectivity index (χ1) is 8.83. The predicted molar refractivity (Wildman–Crippen MR) is 72.3 cm³/mol. The van der Waals surface area contributed by atoms with Gasteiger partial charge in [0.2, 0.25) is 0 Å². The molecule has 2 aromatic rings. The number of para-hydroxylation sites is 1. The minimum absolute atomic E-state index is 0.747. The number of anilines is 1. The van der Waals surface area contributed by atoms with E-state index in [9.17, 15) is 0 Å². The number of pyridine rings is 1. The van der Waals surface area contributed by atoms with E-state index in [1.165, 1.54) is 0 Å². The molecule has 0 bridgehead atoms. The topological polar surface area (TPSA) is 51.4 Å². The van der Waals surface area contributed by atoms with E-state index in [4.69, 9.17) is 10.5 Å². The molecule has 1 aliphatic heterocycles. The Bertz CT molecular complexity index is 550. The van der Waals surface area contributed by atoms with Crippen LogP contribution in [0, 0.1) is 0 Å². The Kier molecular flexibility index (Phi) is 3.13. The summed E-state index contributed by atoms with van der Waals surface area (Å²) in [5.74, 6) is 0.